The molecule has 5 rings (SSSR count). The SMILES string of the molecule is COc1ccc(NC(=O)c2cnc(N3CCN(c4cnc5ccccc5n4)CC3)nc2N)cc1. The van der Waals surface area contributed by atoms with E-state index in [9.17, 15) is 4.79 Å². The normalized spacial score (nSPS) is 13.7. The van der Waals surface area contributed by atoms with E-state index < -0.39 is 0 Å². The first-order valence-electron chi connectivity index (χ1n) is 10.9. The summed E-state index contributed by atoms with van der Waals surface area (Å²) >= 11 is 0. The number of nitrogen functional groups attached to an aromatic ring is 1. The molecule has 10 nitrogen and oxygen atoms in total. The van der Waals surface area contributed by atoms with E-state index in [2.05, 4.69) is 25.2 Å². The predicted molar refractivity (Wildman–Crippen MR) is 131 cm³/mol. The Morgan fingerprint density at radius 3 is 2.32 bits per heavy atom. The van der Waals surface area contributed by atoms with Gasteiger partial charge in [-0.15, -0.1) is 0 Å². The fraction of sp³-hybridized carbons (Fsp3) is 0.208. The molecule has 1 aliphatic heterocycles. The van der Waals surface area contributed by atoms with Crippen LogP contribution in [0.5, 0.6) is 5.75 Å². The number of carbonyl (C=O) groups is 1. The van der Waals surface area contributed by atoms with Gasteiger partial charge < -0.3 is 25.6 Å². The average Bonchev–Trinajstić information content (AvgIpc) is 2.89. The minimum absolute atomic E-state index is 0.138. The molecule has 10 heteroatoms. The third-order valence-corrected chi connectivity index (χ3v) is 5.72. The lowest BCUT2D eigenvalue weighted by Gasteiger charge is -2.35. The number of para-hydroxylation sites is 2. The van der Waals surface area contributed by atoms with Gasteiger partial charge in [0.25, 0.3) is 5.91 Å². The molecule has 3 N–H and O–H groups in total. The van der Waals surface area contributed by atoms with Gasteiger partial charge in [-0.3, -0.25) is 9.78 Å². The quantitative estimate of drug-likeness (QED) is 0.466. The minimum atomic E-state index is -0.367. The Kier molecular flexibility index (Phi) is 5.77. The van der Waals surface area contributed by atoms with Crippen molar-refractivity contribution in [2.75, 3.05) is 54.1 Å². The van der Waals surface area contributed by atoms with Gasteiger partial charge in [0.15, 0.2) is 0 Å². The summed E-state index contributed by atoms with van der Waals surface area (Å²) in [5.41, 5.74) is 8.72. The minimum Gasteiger partial charge on any atom is -0.497 e. The van der Waals surface area contributed by atoms with Gasteiger partial charge in [-0.1, -0.05) is 12.1 Å². The molecule has 1 saturated heterocycles. The van der Waals surface area contributed by atoms with Crippen molar-refractivity contribution in [3.63, 3.8) is 0 Å². The molecule has 0 aliphatic carbocycles. The summed E-state index contributed by atoms with van der Waals surface area (Å²) in [6, 6.07) is 14.9. The van der Waals surface area contributed by atoms with Crippen molar-refractivity contribution in [2.45, 2.75) is 0 Å². The summed E-state index contributed by atoms with van der Waals surface area (Å²) in [6.07, 6.45) is 3.28. The number of anilines is 4. The highest BCUT2D eigenvalue weighted by Crippen LogP contribution is 2.21. The van der Waals surface area contributed by atoms with Crippen molar-refractivity contribution in [1.82, 2.24) is 19.9 Å². The standard InChI is InChI=1S/C24H24N8O2/c1-34-17-8-6-16(7-9-17)28-23(33)18-14-27-24(30-22(18)25)32-12-10-31(11-13-32)21-15-26-19-4-2-3-5-20(19)29-21/h2-9,14-15H,10-13H2,1H3,(H,28,33)(H2,25,27,30). The molecule has 1 fully saturated rings. The monoisotopic (exact) mass is 456 g/mol. The van der Waals surface area contributed by atoms with Gasteiger partial charge in [-0.2, -0.15) is 4.98 Å². The van der Waals surface area contributed by atoms with Crippen LogP contribution < -0.4 is 25.6 Å². The molecule has 0 spiro atoms. The van der Waals surface area contributed by atoms with Gasteiger partial charge in [-0.05, 0) is 36.4 Å². The molecule has 0 bridgehead atoms. The molecule has 2 aromatic carbocycles. The predicted octanol–water partition coefficient (Wildman–Crippen LogP) is 2.59. The molecule has 172 valence electrons. The van der Waals surface area contributed by atoms with Gasteiger partial charge in [0.2, 0.25) is 5.95 Å². The molecule has 3 heterocycles. The number of piperazine rings is 1. The van der Waals surface area contributed by atoms with Crippen LogP contribution in [0.3, 0.4) is 0 Å². The number of fused-ring (bicyclic) bond motifs is 1. The molecule has 0 atom stereocenters. The average molecular weight is 457 g/mol. The highest BCUT2D eigenvalue weighted by molar-refractivity contribution is 6.07. The maximum Gasteiger partial charge on any atom is 0.260 e. The Morgan fingerprint density at radius 2 is 1.62 bits per heavy atom. The van der Waals surface area contributed by atoms with Gasteiger partial charge in [0, 0.05) is 38.1 Å². The molecular formula is C24H24N8O2. The third-order valence-electron chi connectivity index (χ3n) is 5.72. The van der Waals surface area contributed by atoms with E-state index in [1.165, 1.54) is 6.20 Å². The van der Waals surface area contributed by atoms with E-state index in [0.717, 1.165) is 29.9 Å². The Balaban J connectivity index is 1.23. The number of nitrogens with zero attached hydrogens (tertiary/aromatic N) is 6. The number of nitrogens with two attached hydrogens (primary N) is 1. The van der Waals surface area contributed by atoms with E-state index in [1.54, 1.807) is 31.4 Å². The number of rotatable bonds is 5. The summed E-state index contributed by atoms with van der Waals surface area (Å²) in [4.78, 5) is 34.9. The van der Waals surface area contributed by atoms with Crippen molar-refractivity contribution < 1.29 is 9.53 Å². The smallest absolute Gasteiger partial charge is 0.260 e. The van der Waals surface area contributed by atoms with Crippen molar-refractivity contribution in [3.05, 3.63) is 66.5 Å². The number of carbonyl (C=O) groups excluding carboxylic acids is 1. The first kappa shape index (κ1) is 21.4. The number of nitrogens with one attached hydrogen (secondary N) is 1. The van der Waals surface area contributed by atoms with Crippen LogP contribution in [0.4, 0.5) is 23.3 Å². The van der Waals surface area contributed by atoms with Crippen molar-refractivity contribution in [3.8, 4) is 5.75 Å². The molecule has 2 aromatic heterocycles. The van der Waals surface area contributed by atoms with Crippen LogP contribution in [-0.4, -0.2) is 59.1 Å². The maximum absolute atomic E-state index is 12.6. The van der Waals surface area contributed by atoms with E-state index in [-0.39, 0.29) is 17.3 Å². The zero-order chi connectivity index (χ0) is 23.5. The largest absolute Gasteiger partial charge is 0.497 e. The molecule has 0 saturated carbocycles. The number of ether oxygens (including phenoxy) is 1. The zero-order valence-corrected chi connectivity index (χ0v) is 18.7. The van der Waals surface area contributed by atoms with Crippen molar-refractivity contribution in [2.24, 2.45) is 0 Å². The maximum atomic E-state index is 12.6. The van der Waals surface area contributed by atoms with Crippen molar-refractivity contribution >= 4 is 40.2 Å². The summed E-state index contributed by atoms with van der Waals surface area (Å²) < 4.78 is 5.13. The van der Waals surface area contributed by atoms with Crippen LogP contribution in [0.2, 0.25) is 0 Å². The molecule has 34 heavy (non-hydrogen) atoms. The Hall–Kier alpha value is -4.47. The topological polar surface area (TPSA) is 122 Å². The Labute approximate surface area is 196 Å². The number of methoxy groups -OCH3 is 1. The van der Waals surface area contributed by atoms with Gasteiger partial charge in [0.05, 0.1) is 24.3 Å². The molecule has 4 aromatic rings. The van der Waals surface area contributed by atoms with Crippen LogP contribution in [0.25, 0.3) is 11.0 Å². The lowest BCUT2D eigenvalue weighted by atomic mass is 10.2. The summed E-state index contributed by atoms with van der Waals surface area (Å²) in [7, 11) is 1.59. The zero-order valence-electron chi connectivity index (χ0n) is 18.7. The number of hydrogen-bond acceptors (Lipinski definition) is 9. The molecular weight excluding hydrogens is 432 g/mol. The second-order valence-electron chi connectivity index (χ2n) is 7.84. The lowest BCUT2D eigenvalue weighted by Crippen LogP contribution is -2.47. The van der Waals surface area contributed by atoms with Crippen LogP contribution in [0.15, 0.2) is 60.9 Å². The summed E-state index contributed by atoms with van der Waals surface area (Å²) in [5.74, 6) is 1.83. The first-order chi connectivity index (χ1) is 16.6. The van der Waals surface area contributed by atoms with Crippen LogP contribution >= 0.6 is 0 Å². The molecule has 1 amide bonds. The van der Waals surface area contributed by atoms with E-state index in [0.29, 0.717) is 30.5 Å². The lowest BCUT2D eigenvalue weighted by molar-refractivity contribution is 0.102. The fourth-order valence-corrected chi connectivity index (χ4v) is 3.82. The number of hydrogen-bond donors (Lipinski definition) is 2. The van der Waals surface area contributed by atoms with Crippen LogP contribution in [-0.2, 0) is 0 Å². The van der Waals surface area contributed by atoms with E-state index >= 15 is 0 Å². The number of amides is 1. The van der Waals surface area contributed by atoms with Crippen molar-refractivity contribution in [1.29, 1.82) is 0 Å². The second-order valence-corrected chi connectivity index (χ2v) is 7.84. The third kappa shape index (κ3) is 4.38. The fourth-order valence-electron chi connectivity index (χ4n) is 3.82. The van der Waals surface area contributed by atoms with Gasteiger partial charge in [0.1, 0.15) is 22.9 Å². The van der Waals surface area contributed by atoms with Crippen LogP contribution in [0, 0.1) is 0 Å². The first-order valence-corrected chi connectivity index (χ1v) is 10.9. The highest BCUT2D eigenvalue weighted by Gasteiger charge is 2.22. The van der Waals surface area contributed by atoms with E-state index in [1.807, 2.05) is 35.4 Å². The van der Waals surface area contributed by atoms with Crippen LogP contribution in [0.1, 0.15) is 10.4 Å². The molecule has 0 unspecified atom stereocenters. The van der Waals surface area contributed by atoms with E-state index in [4.69, 9.17) is 15.5 Å². The summed E-state index contributed by atoms with van der Waals surface area (Å²) in [5, 5.41) is 2.80. The number of benzene rings is 2. The summed E-state index contributed by atoms with van der Waals surface area (Å²) in [6.45, 7) is 2.89. The Bertz CT molecular complexity index is 1320. The Morgan fingerprint density at radius 1 is 0.912 bits per heavy atom. The number of aromatic nitrogens is 4. The molecule has 0 radical (unpaired) electrons. The second kappa shape index (κ2) is 9.18. The van der Waals surface area contributed by atoms with Gasteiger partial charge in [-0.25, -0.2) is 9.97 Å². The highest BCUT2D eigenvalue weighted by atomic mass is 16.5. The van der Waals surface area contributed by atoms with Gasteiger partial charge >= 0.3 is 0 Å². The molecule has 1 aliphatic rings.